The molecule has 2 atom stereocenters. The maximum absolute atomic E-state index is 13.4. The number of carbonyl (C=O) groups is 2. The SMILES string of the molecule is COc1ccc(C2/C(=C(\O)c3ccc4c(c3)CC(C)O4)C(=O)C(=O)N2c2ccc(C#N)cc2)cc1OC. The van der Waals surface area contributed by atoms with E-state index in [1.165, 1.54) is 19.1 Å². The molecule has 1 N–H and O–H groups in total. The number of nitriles is 1. The lowest BCUT2D eigenvalue weighted by atomic mass is 9.94. The van der Waals surface area contributed by atoms with Crippen molar-refractivity contribution in [3.63, 3.8) is 0 Å². The van der Waals surface area contributed by atoms with E-state index in [1.807, 2.05) is 13.0 Å². The third kappa shape index (κ3) is 4.04. The highest BCUT2D eigenvalue weighted by Gasteiger charge is 2.47. The lowest BCUT2D eigenvalue weighted by Gasteiger charge is -2.26. The van der Waals surface area contributed by atoms with Gasteiger partial charge in [-0.1, -0.05) is 6.07 Å². The van der Waals surface area contributed by atoms with Crippen LogP contribution in [0, 0.1) is 11.3 Å². The van der Waals surface area contributed by atoms with Gasteiger partial charge in [0.1, 0.15) is 17.6 Å². The quantitative estimate of drug-likeness (QED) is 0.314. The number of rotatable bonds is 5. The van der Waals surface area contributed by atoms with Crippen molar-refractivity contribution >= 4 is 23.1 Å². The Balaban J connectivity index is 1.70. The summed E-state index contributed by atoms with van der Waals surface area (Å²) in [6.07, 6.45) is 0.691. The molecule has 1 amide bonds. The van der Waals surface area contributed by atoms with E-state index in [0.29, 0.717) is 40.3 Å². The Bertz CT molecular complexity index is 1490. The molecular weight excluding hydrogens is 472 g/mol. The number of nitrogens with zero attached hydrogens (tertiary/aromatic N) is 2. The molecular formula is C29H24N2O6. The minimum absolute atomic E-state index is 0.0149. The molecule has 3 aromatic carbocycles. The van der Waals surface area contributed by atoms with Crippen LogP contribution in [-0.4, -0.2) is 37.1 Å². The molecule has 2 unspecified atom stereocenters. The number of methoxy groups -OCH3 is 2. The van der Waals surface area contributed by atoms with E-state index >= 15 is 0 Å². The minimum Gasteiger partial charge on any atom is -0.507 e. The number of amides is 1. The van der Waals surface area contributed by atoms with Gasteiger partial charge in [0.15, 0.2) is 11.5 Å². The van der Waals surface area contributed by atoms with Gasteiger partial charge in [0.25, 0.3) is 11.7 Å². The number of benzene rings is 3. The van der Waals surface area contributed by atoms with Gasteiger partial charge in [0.05, 0.1) is 37.5 Å². The predicted octanol–water partition coefficient (Wildman–Crippen LogP) is 4.53. The van der Waals surface area contributed by atoms with Crippen molar-refractivity contribution in [2.75, 3.05) is 19.1 Å². The molecule has 1 saturated heterocycles. The lowest BCUT2D eigenvalue weighted by molar-refractivity contribution is -0.132. The molecule has 5 rings (SSSR count). The zero-order chi connectivity index (χ0) is 26.3. The lowest BCUT2D eigenvalue weighted by Crippen LogP contribution is -2.29. The van der Waals surface area contributed by atoms with Gasteiger partial charge in [-0.15, -0.1) is 0 Å². The second-order valence-electron chi connectivity index (χ2n) is 8.90. The monoisotopic (exact) mass is 496 g/mol. The summed E-state index contributed by atoms with van der Waals surface area (Å²) in [6, 6.07) is 17.7. The Labute approximate surface area is 213 Å². The van der Waals surface area contributed by atoms with Gasteiger partial charge in [0.2, 0.25) is 0 Å². The number of hydrogen-bond acceptors (Lipinski definition) is 7. The molecule has 8 nitrogen and oxygen atoms in total. The Hall–Kier alpha value is -4.77. The van der Waals surface area contributed by atoms with Gasteiger partial charge < -0.3 is 19.3 Å². The van der Waals surface area contributed by atoms with Gasteiger partial charge in [-0.2, -0.15) is 5.26 Å². The summed E-state index contributed by atoms with van der Waals surface area (Å²) in [5, 5.41) is 20.6. The zero-order valence-corrected chi connectivity index (χ0v) is 20.5. The molecule has 2 aliphatic heterocycles. The summed E-state index contributed by atoms with van der Waals surface area (Å²) in [5.41, 5.74) is 2.66. The maximum Gasteiger partial charge on any atom is 0.300 e. The van der Waals surface area contributed by atoms with Gasteiger partial charge in [0, 0.05) is 17.7 Å². The van der Waals surface area contributed by atoms with E-state index < -0.39 is 17.7 Å². The predicted molar refractivity (Wildman–Crippen MR) is 136 cm³/mol. The van der Waals surface area contributed by atoms with Crippen molar-refractivity contribution in [2.24, 2.45) is 0 Å². The van der Waals surface area contributed by atoms with E-state index in [-0.39, 0.29) is 17.4 Å². The van der Waals surface area contributed by atoms with Crippen molar-refractivity contribution in [3.8, 4) is 23.3 Å². The Morgan fingerprint density at radius 2 is 1.76 bits per heavy atom. The first-order chi connectivity index (χ1) is 17.9. The van der Waals surface area contributed by atoms with Crippen molar-refractivity contribution in [1.82, 2.24) is 0 Å². The first-order valence-electron chi connectivity index (χ1n) is 11.7. The summed E-state index contributed by atoms with van der Waals surface area (Å²) in [4.78, 5) is 28.1. The first-order valence-corrected chi connectivity index (χ1v) is 11.7. The normalized spacial score (nSPS) is 19.8. The molecule has 3 aromatic rings. The van der Waals surface area contributed by atoms with Crippen molar-refractivity contribution in [1.29, 1.82) is 5.26 Å². The average Bonchev–Trinajstić information content (AvgIpc) is 3.43. The molecule has 0 spiro atoms. The second kappa shape index (κ2) is 9.36. The molecule has 1 fully saturated rings. The van der Waals surface area contributed by atoms with Gasteiger partial charge >= 0.3 is 0 Å². The maximum atomic E-state index is 13.4. The Morgan fingerprint density at radius 3 is 2.43 bits per heavy atom. The standard InChI is InChI=1S/C29H24N2O6/c1-16-12-20-13-19(7-10-22(20)37-16)27(32)25-26(18-6-11-23(35-2)24(14-18)36-3)31(29(34)28(25)33)21-8-4-17(15-30)5-9-21/h4-11,13-14,16,26,32H,12H2,1-3H3/b27-25+. The number of anilines is 1. The molecule has 8 heteroatoms. The zero-order valence-electron chi connectivity index (χ0n) is 20.5. The number of carbonyl (C=O) groups excluding carboxylic acids is 2. The largest absolute Gasteiger partial charge is 0.507 e. The molecule has 37 heavy (non-hydrogen) atoms. The molecule has 2 aliphatic rings. The topological polar surface area (TPSA) is 109 Å². The van der Waals surface area contributed by atoms with E-state index in [1.54, 1.807) is 60.7 Å². The fourth-order valence-corrected chi connectivity index (χ4v) is 4.86. The molecule has 0 aliphatic carbocycles. The van der Waals surface area contributed by atoms with Gasteiger partial charge in [-0.3, -0.25) is 14.5 Å². The number of aliphatic hydroxyl groups is 1. The number of ether oxygens (including phenoxy) is 3. The summed E-state index contributed by atoms with van der Waals surface area (Å²) in [5.74, 6) is -0.255. The van der Waals surface area contributed by atoms with Gasteiger partial charge in [-0.25, -0.2) is 0 Å². The van der Waals surface area contributed by atoms with Crippen LogP contribution in [0.2, 0.25) is 0 Å². The summed E-state index contributed by atoms with van der Waals surface area (Å²) in [6.45, 7) is 1.96. The molecule has 2 heterocycles. The van der Waals surface area contributed by atoms with E-state index in [2.05, 4.69) is 0 Å². The van der Waals surface area contributed by atoms with Crippen LogP contribution < -0.4 is 19.1 Å². The van der Waals surface area contributed by atoms with E-state index in [4.69, 9.17) is 14.2 Å². The highest BCUT2D eigenvalue weighted by molar-refractivity contribution is 6.51. The molecule has 0 radical (unpaired) electrons. The number of hydrogen-bond donors (Lipinski definition) is 1. The fraction of sp³-hybridized carbons (Fsp3) is 0.207. The summed E-state index contributed by atoms with van der Waals surface area (Å²) >= 11 is 0. The Kier molecular flexibility index (Phi) is 6.06. The van der Waals surface area contributed by atoms with Crippen LogP contribution in [0.1, 0.15) is 35.2 Å². The molecule has 0 saturated carbocycles. The van der Waals surface area contributed by atoms with Crippen molar-refractivity contribution in [3.05, 3.63) is 88.5 Å². The molecule has 0 bridgehead atoms. The average molecular weight is 497 g/mol. The summed E-state index contributed by atoms with van der Waals surface area (Å²) < 4.78 is 16.6. The smallest absolute Gasteiger partial charge is 0.300 e. The highest BCUT2D eigenvalue weighted by Crippen LogP contribution is 2.44. The molecule has 186 valence electrons. The van der Waals surface area contributed by atoms with Crippen molar-refractivity contribution in [2.45, 2.75) is 25.5 Å². The van der Waals surface area contributed by atoms with Crippen LogP contribution in [-0.2, 0) is 16.0 Å². The van der Waals surface area contributed by atoms with Crippen molar-refractivity contribution < 1.29 is 28.9 Å². The second-order valence-corrected chi connectivity index (χ2v) is 8.90. The van der Waals surface area contributed by atoms with E-state index in [0.717, 1.165) is 11.3 Å². The Morgan fingerprint density at radius 1 is 1.03 bits per heavy atom. The van der Waals surface area contributed by atoms with Crippen LogP contribution in [0.3, 0.4) is 0 Å². The van der Waals surface area contributed by atoms with Gasteiger partial charge in [-0.05, 0) is 72.6 Å². The summed E-state index contributed by atoms with van der Waals surface area (Å²) in [7, 11) is 3.01. The van der Waals surface area contributed by atoms with Crippen LogP contribution in [0.25, 0.3) is 5.76 Å². The minimum atomic E-state index is -0.948. The number of Topliss-reactive ketones (excluding diaryl/α,β-unsaturated/α-hetero) is 1. The highest BCUT2D eigenvalue weighted by atomic mass is 16.5. The third-order valence-electron chi connectivity index (χ3n) is 6.61. The van der Waals surface area contributed by atoms with Crippen LogP contribution in [0.4, 0.5) is 5.69 Å². The van der Waals surface area contributed by atoms with E-state index in [9.17, 15) is 20.0 Å². The third-order valence-corrected chi connectivity index (χ3v) is 6.61. The number of aliphatic hydroxyl groups excluding tert-OH is 1. The molecule has 0 aromatic heterocycles. The number of fused-ring (bicyclic) bond motifs is 1. The first kappa shape index (κ1) is 23.9. The van der Waals surface area contributed by atoms with Crippen LogP contribution in [0.5, 0.6) is 17.2 Å². The number of ketones is 1. The fourth-order valence-electron chi connectivity index (χ4n) is 4.86. The van der Waals surface area contributed by atoms with Crippen LogP contribution in [0.15, 0.2) is 66.2 Å². The van der Waals surface area contributed by atoms with Crippen LogP contribution >= 0.6 is 0 Å².